The van der Waals surface area contributed by atoms with Crippen molar-refractivity contribution >= 4 is 33.5 Å². The molecule has 0 unspecified atom stereocenters. The topological polar surface area (TPSA) is 66.4 Å². The fraction of sp³-hybridized carbons (Fsp3) is 0.111. The molecule has 0 fully saturated rings. The van der Waals surface area contributed by atoms with Crippen molar-refractivity contribution in [3.8, 4) is 0 Å². The Balaban J connectivity index is 2.56. The number of benzene rings is 1. The first kappa shape index (κ1) is 10.7. The Hall–Kier alpha value is -1.36. The number of carbonyl (C=O) groups is 2. The van der Waals surface area contributed by atoms with Crippen LogP contribution in [0.25, 0.3) is 0 Å². The average molecular weight is 258 g/mol. The summed E-state index contributed by atoms with van der Waals surface area (Å²) in [6, 6.07) is 6.89. The molecule has 0 saturated heterocycles. The van der Waals surface area contributed by atoms with Crippen LogP contribution in [0.15, 0.2) is 28.7 Å². The SMILES string of the molecule is O=C(O)CC(=O)Nc1ccc(Br)cc1. The monoisotopic (exact) mass is 257 g/mol. The third-order valence-corrected chi connectivity index (χ3v) is 1.97. The van der Waals surface area contributed by atoms with Crippen LogP contribution in [0.4, 0.5) is 5.69 Å². The highest BCUT2D eigenvalue weighted by Gasteiger charge is 2.06. The zero-order valence-corrected chi connectivity index (χ0v) is 8.74. The fourth-order valence-electron chi connectivity index (χ4n) is 0.876. The van der Waals surface area contributed by atoms with Crippen LogP contribution in [0.5, 0.6) is 0 Å². The Morgan fingerprint density at radius 3 is 2.36 bits per heavy atom. The van der Waals surface area contributed by atoms with Crippen molar-refractivity contribution in [3.05, 3.63) is 28.7 Å². The molecule has 4 nitrogen and oxygen atoms in total. The molecule has 0 aliphatic rings. The second-order valence-electron chi connectivity index (χ2n) is 2.63. The molecule has 0 aromatic heterocycles. The number of carboxylic acid groups (broad SMARTS) is 1. The van der Waals surface area contributed by atoms with Crippen LogP contribution < -0.4 is 5.32 Å². The maximum absolute atomic E-state index is 11.0. The Kier molecular flexibility index (Phi) is 3.64. The molecule has 1 aromatic rings. The number of carboxylic acids is 1. The number of carbonyl (C=O) groups excluding carboxylic acids is 1. The lowest BCUT2D eigenvalue weighted by atomic mass is 10.3. The summed E-state index contributed by atoms with van der Waals surface area (Å²) in [4.78, 5) is 21.2. The zero-order valence-electron chi connectivity index (χ0n) is 7.16. The van der Waals surface area contributed by atoms with Gasteiger partial charge in [0.05, 0.1) is 0 Å². The molecule has 1 rings (SSSR count). The van der Waals surface area contributed by atoms with Gasteiger partial charge in [-0.3, -0.25) is 9.59 Å². The van der Waals surface area contributed by atoms with Crippen molar-refractivity contribution in [2.24, 2.45) is 0 Å². The van der Waals surface area contributed by atoms with Gasteiger partial charge in [-0.1, -0.05) is 15.9 Å². The fourth-order valence-corrected chi connectivity index (χ4v) is 1.14. The zero-order chi connectivity index (χ0) is 10.6. The first-order valence-electron chi connectivity index (χ1n) is 3.85. The van der Waals surface area contributed by atoms with Gasteiger partial charge in [0, 0.05) is 10.2 Å². The first-order valence-corrected chi connectivity index (χ1v) is 4.64. The van der Waals surface area contributed by atoms with E-state index in [1.807, 2.05) is 0 Å². The normalized spacial score (nSPS) is 9.50. The number of anilines is 1. The van der Waals surface area contributed by atoms with Crippen molar-refractivity contribution < 1.29 is 14.7 Å². The highest BCUT2D eigenvalue weighted by molar-refractivity contribution is 9.10. The van der Waals surface area contributed by atoms with Crippen LogP contribution in [0.3, 0.4) is 0 Å². The summed E-state index contributed by atoms with van der Waals surface area (Å²) < 4.78 is 0.897. The number of rotatable bonds is 3. The van der Waals surface area contributed by atoms with Gasteiger partial charge in [-0.15, -0.1) is 0 Å². The Morgan fingerprint density at radius 1 is 1.29 bits per heavy atom. The van der Waals surface area contributed by atoms with Crippen LogP contribution in [0, 0.1) is 0 Å². The van der Waals surface area contributed by atoms with Crippen molar-refractivity contribution in [1.82, 2.24) is 0 Å². The van der Waals surface area contributed by atoms with Gasteiger partial charge < -0.3 is 10.4 Å². The number of hydrogen-bond donors (Lipinski definition) is 2. The third kappa shape index (κ3) is 3.57. The standard InChI is InChI=1S/C9H8BrNO3/c10-6-1-3-7(4-2-6)11-8(12)5-9(13)14/h1-4H,5H2,(H,11,12)(H,13,14). The molecule has 1 amide bonds. The first-order chi connectivity index (χ1) is 6.58. The molecule has 5 heteroatoms. The van der Waals surface area contributed by atoms with Gasteiger partial charge in [-0.2, -0.15) is 0 Å². The Bertz CT molecular complexity index is 348. The van der Waals surface area contributed by atoms with Gasteiger partial charge in [-0.05, 0) is 24.3 Å². The summed E-state index contributed by atoms with van der Waals surface area (Å²) in [6.45, 7) is 0. The second kappa shape index (κ2) is 4.76. The summed E-state index contributed by atoms with van der Waals surface area (Å²) in [5.74, 6) is -1.67. The Morgan fingerprint density at radius 2 is 1.86 bits per heavy atom. The molecular weight excluding hydrogens is 250 g/mol. The molecule has 0 radical (unpaired) electrons. The minimum atomic E-state index is -1.14. The maximum Gasteiger partial charge on any atom is 0.312 e. The lowest BCUT2D eigenvalue weighted by Gasteiger charge is -2.02. The molecule has 0 saturated carbocycles. The quantitative estimate of drug-likeness (QED) is 0.813. The smallest absolute Gasteiger partial charge is 0.312 e. The number of hydrogen-bond acceptors (Lipinski definition) is 2. The van der Waals surface area contributed by atoms with E-state index in [0.29, 0.717) is 5.69 Å². The van der Waals surface area contributed by atoms with E-state index in [-0.39, 0.29) is 0 Å². The van der Waals surface area contributed by atoms with Gasteiger partial charge in [0.25, 0.3) is 0 Å². The molecule has 0 aliphatic heterocycles. The molecule has 0 aliphatic carbocycles. The summed E-state index contributed by atoms with van der Waals surface area (Å²) in [5.41, 5.74) is 0.583. The van der Waals surface area contributed by atoms with E-state index >= 15 is 0 Å². The summed E-state index contributed by atoms with van der Waals surface area (Å²) >= 11 is 3.25. The van der Waals surface area contributed by atoms with Gasteiger partial charge >= 0.3 is 5.97 Å². The predicted molar refractivity (Wildman–Crippen MR) is 55.0 cm³/mol. The Labute approximate surface area is 89.1 Å². The highest BCUT2D eigenvalue weighted by atomic mass is 79.9. The molecule has 1 aromatic carbocycles. The molecule has 14 heavy (non-hydrogen) atoms. The van der Waals surface area contributed by atoms with Gasteiger partial charge in [0.15, 0.2) is 0 Å². The number of halogens is 1. The van der Waals surface area contributed by atoms with Crippen molar-refractivity contribution in [2.45, 2.75) is 6.42 Å². The molecule has 74 valence electrons. The number of nitrogens with one attached hydrogen (secondary N) is 1. The van der Waals surface area contributed by atoms with E-state index in [1.54, 1.807) is 24.3 Å². The summed E-state index contributed by atoms with van der Waals surface area (Å²) in [6.07, 6.45) is -0.518. The second-order valence-corrected chi connectivity index (χ2v) is 3.54. The van der Waals surface area contributed by atoms with Gasteiger partial charge in [0.1, 0.15) is 6.42 Å². The molecule has 2 N–H and O–H groups in total. The molecule has 0 atom stereocenters. The van der Waals surface area contributed by atoms with Gasteiger partial charge in [-0.25, -0.2) is 0 Å². The van der Waals surface area contributed by atoms with Crippen LogP contribution in [-0.2, 0) is 9.59 Å². The summed E-state index contributed by atoms with van der Waals surface area (Å²) in [5, 5.41) is 10.8. The predicted octanol–water partition coefficient (Wildman–Crippen LogP) is 1.86. The van der Waals surface area contributed by atoms with E-state index in [1.165, 1.54) is 0 Å². The summed E-state index contributed by atoms with van der Waals surface area (Å²) in [7, 11) is 0. The van der Waals surface area contributed by atoms with E-state index in [9.17, 15) is 9.59 Å². The lowest BCUT2D eigenvalue weighted by molar-refractivity contribution is -0.139. The lowest BCUT2D eigenvalue weighted by Crippen LogP contribution is -2.15. The van der Waals surface area contributed by atoms with Crippen molar-refractivity contribution in [1.29, 1.82) is 0 Å². The molecule has 0 bridgehead atoms. The third-order valence-electron chi connectivity index (χ3n) is 1.44. The van der Waals surface area contributed by atoms with Crippen LogP contribution >= 0.6 is 15.9 Å². The minimum absolute atomic E-state index is 0.518. The van der Waals surface area contributed by atoms with Crippen LogP contribution in [0.1, 0.15) is 6.42 Å². The van der Waals surface area contributed by atoms with E-state index in [0.717, 1.165) is 4.47 Å². The van der Waals surface area contributed by atoms with E-state index in [4.69, 9.17) is 5.11 Å². The highest BCUT2D eigenvalue weighted by Crippen LogP contribution is 2.14. The van der Waals surface area contributed by atoms with Crippen LogP contribution in [0.2, 0.25) is 0 Å². The van der Waals surface area contributed by atoms with E-state index < -0.39 is 18.3 Å². The van der Waals surface area contributed by atoms with Crippen molar-refractivity contribution in [2.75, 3.05) is 5.32 Å². The average Bonchev–Trinajstić information content (AvgIpc) is 2.07. The molecule has 0 spiro atoms. The maximum atomic E-state index is 11.0. The van der Waals surface area contributed by atoms with Gasteiger partial charge in [0.2, 0.25) is 5.91 Å². The molecular formula is C9H8BrNO3. The van der Waals surface area contributed by atoms with Crippen molar-refractivity contribution in [3.63, 3.8) is 0 Å². The van der Waals surface area contributed by atoms with E-state index in [2.05, 4.69) is 21.2 Å². The number of aliphatic carboxylic acids is 1. The minimum Gasteiger partial charge on any atom is -0.481 e. The largest absolute Gasteiger partial charge is 0.481 e. The molecule has 0 heterocycles. The van der Waals surface area contributed by atoms with Crippen LogP contribution in [-0.4, -0.2) is 17.0 Å². The number of amides is 1.